The van der Waals surface area contributed by atoms with Crippen LogP contribution in [0, 0.1) is 0 Å². The number of rotatable bonds is 3. The van der Waals surface area contributed by atoms with Crippen molar-refractivity contribution < 1.29 is 9.53 Å². The van der Waals surface area contributed by atoms with Crippen molar-refractivity contribution >= 4 is 18.5 Å². The molecule has 0 aromatic heterocycles. The molecule has 4 nitrogen and oxygen atoms in total. The molecule has 0 aliphatic carbocycles. The standard InChI is InChI=1S/C7H13N2O2/c1-7(10)11-5-4-8-6-9(2)3/h4,6H,5H2,1-3H3/q+1. The second-order valence-electron chi connectivity index (χ2n) is 2.21. The molecule has 0 heterocycles. The molecule has 0 bridgehead atoms. The Morgan fingerprint density at radius 1 is 1.64 bits per heavy atom. The van der Waals surface area contributed by atoms with E-state index in [2.05, 4.69) is 9.40 Å². The molecular formula is C7H13N2O2+. The van der Waals surface area contributed by atoms with E-state index in [9.17, 15) is 4.79 Å². The minimum Gasteiger partial charge on any atom is -0.456 e. The Morgan fingerprint density at radius 2 is 2.27 bits per heavy atom. The topological polar surface area (TPSA) is 43.6 Å². The lowest BCUT2D eigenvalue weighted by Crippen LogP contribution is -2.11. The molecular weight excluding hydrogens is 144 g/mol. The molecule has 0 fully saturated rings. The molecule has 0 N–H and O–H groups in total. The lowest BCUT2D eigenvalue weighted by molar-refractivity contribution is -0.139. The van der Waals surface area contributed by atoms with Gasteiger partial charge in [0.05, 0.1) is 14.1 Å². The van der Waals surface area contributed by atoms with Gasteiger partial charge in [-0.25, -0.2) is 4.67 Å². The van der Waals surface area contributed by atoms with E-state index in [1.807, 2.05) is 14.1 Å². The summed E-state index contributed by atoms with van der Waals surface area (Å²) in [6, 6.07) is 0. The van der Waals surface area contributed by atoms with Gasteiger partial charge in [-0.05, 0) is 0 Å². The van der Waals surface area contributed by atoms with Crippen molar-refractivity contribution in [3.05, 3.63) is 0 Å². The second-order valence-corrected chi connectivity index (χ2v) is 2.21. The van der Waals surface area contributed by atoms with E-state index >= 15 is 0 Å². The molecule has 0 saturated carbocycles. The van der Waals surface area contributed by atoms with Crippen molar-refractivity contribution in [1.82, 2.24) is 9.57 Å². The molecule has 0 unspecified atom stereocenters. The van der Waals surface area contributed by atoms with E-state index in [-0.39, 0.29) is 12.6 Å². The molecule has 0 aliphatic heterocycles. The third kappa shape index (κ3) is 8.72. The van der Waals surface area contributed by atoms with Gasteiger partial charge in [0.15, 0.2) is 6.61 Å². The SMILES string of the molecule is CC(=O)OCC=[N+]=CN(C)C. The first-order valence-corrected chi connectivity index (χ1v) is 3.27. The average molecular weight is 157 g/mol. The van der Waals surface area contributed by atoms with Gasteiger partial charge >= 0.3 is 12.3 Å². The average Bonchev–Trinajstić information content (AvgIpc) is 1.85. The van der Waals surface area contributed by atoms with Gasteiger partial charge in [-0.2, -0.15) is 0 Å². The van der Waals surface area contributed by atoms with Crippen LogP contribution in [-0.4, -0.2) is 44.1 Å². The van der Waals surface area contributed by atoms with Gasteiger partial charge in [0.2, 0.25) is 6.21 Å². The predicted octanol–water partition coefficient (Wildman–Crippen LogP) is -0.723. The van der Waals surface area contributed by atoms with Gasteiger partial charge in [-0.3, -0.25) is 9.69 Å². The van der Waals surface area contributed by atoms with Gasteiger partial charge in [0, 0.05) is 6.92 Å². The number of carbonyl (C=O) groups excluding carboxylic acids is 1. The van der Waals surface area contributed by atoms with E-state index < -0.39 is 0 Å². The summed E-state index contributed by atoms with van der Waals surface area (Å²) in [6.07, 6.45) is 3.16. The van der Waals surface area contributed by atoms with Crippen molar-refractivity contribution in [2.45, 2.75) is 6.92 Å². The van der Waals surface area contributed by atoms with Crippen LogP contribution in [-0.2, 0) is 9.53 Å². The van der Waals surface area contributed by atoms with Crippen molar-refractivity contribution in [2.24, 2.45) is 0 Å². The molecule has 0 aliphatic rings. The predicted molar refractivity (Wildman–Crippen MR) is 44.6 cm³/mol. The molecule has 4 heteroatoms. The zero-order valence-electron chi connectivity index (χ0n) is 7.07. The summed E-state index contributed by atoms with van der Waals surface area (Å²) in [4.78, 5) is 12.0. The first-order chi connectivity index (χ1) is 5.13. The normalized spacial score (nSPS) is 7.91. The van der Waals surface area contributed by atoms with Crippen LogP contribution in [0.25, 0.3) is 0 Å². The number of esters is 1. The summed E-state index contributed by atoms with van der Waals surface area (Å²) < 4.78 is 8.44. The van der Waals surface area contributed by atoms with Crippen molar-refractivity contribution in [2.75, 3.05) is 20.7 Å². The summed E-state index contributed by atoms with van der Waals surface area (Å²) in [6.45, 7) is 1.60. The van der Waals surface area contributed by atoms with Crippen molar-refractivity contribution in [3.63, 3.8) is 0 Å². The Balaban J connectivity index is 3.52. The van der Waals surface area contributed by atoms with E-state index in [0.29, 0.717) is 0 Å². The van der Waals surface area contributed by atoms with Crippen LogP contribution in [0.4, 0.5) is 0 Å². The monoisotopic (exact) mass is 157 g/mol. The highest BCUT2D eigenvalue weighted by atomic mass is 16.5. The number of nitrogens with zero attached hydrogens (tertiary/aromatic N) is 2. The van der Waals surface area contributed by atoms with Gasteiger partial charge in [0.1, 0.15) is 0 Å². The number of hydrogen-bond donors (Lipinski definition) is 0. The third-order valence-corrected chi connectivity index (χ3v) is 0.764. The molecule has 0 aromatic rings. The molecule has 0 saturated heterocycles. The fourth-order valence-corrected chi connectivity index (χ4v) is 0.378. The number of hydrogen-bond acceptors (Lipinski definition) is 2. The van der Waals surface area contributed by atoms with Crippen molar-refractivity contribution in [1.29, 1.82) is 0 Å². The zero-order chi connectivity index (χ0) is 8.69. The Kier molecular flexibility index (Phi) is 4.86. The molecule has 0 atom stereocenters. The van der Waals surface area contributed by atoms with Crippen LogP contribution in [0.1, 0.15) is 6.92 Å². The quantitative estimate of drug-likeness (QED) is 0.235. The second kappa shape index (κ2) is 5.50. The summed E-state index contributed by atoms with van der Waals surface area (Å²) >= 11 is 0. The lowest BCUT2D eigenvalue weighted by atomic mass is 10.7. The molecule has 0 spiro atoms. The maximum absolute atomic E-state index is 10.2. The molecule has 0 amide bonds. The largest absolute Gasteiger partial charge is 0.456 e. The highest BCUT2D eigenvalue weighted by Crippen LogP contribution is 1.69. The summed E-state index contributed by atoms with van der Waals surface area (Å²) in [5.41, 5.74) is 0. The van der Waals surface area contributed by atoms with E-state index in [0.717, 1.165) is 0 Å². The van der Waals surface area contributed by atoms with Gasteiger partial charge < -0.3 is 4.74 Å². The molecule has 11 heavy (non-hydrogen) atoms. The van der Waals surface area contributed by atoms with Crippen molar-refractivity contribution in [3.8, 4) is 0 Å². The Hall–Kier alpha value is -1.28. The smallest absolute Gasteiger partial charge is 0.332 e. The van der Waals surface area contributed by atoms with Crippen LogP contribution >= 0.6 is 0 Å². The maximum atomic E-state index is 10.2. The summed E-state index contributed by atoms with van der Waals surface area (Å²) in [7, 11) is 3.73. The van der Waals surface area contributed by atoms with Gasteiger partial charge in [0.25, 0.3) is 0 Å². The van der Waals surface area contributed by atoms with Crippen LogP contribution in [0.5, 0.6) is 0 Å². The molecule has 0 aromatic carbocycles. The third-order valence-electron chi connectivity index (χ3n) is 0.764. The zero-order valence-corrected chi connectivity index (χ0v) is 7.07. The van der Waals surface area contributed by atoms with Gasteiger partial charge in [-0.15, -0.1) is 0 Å². The number of ether oxygens (including phenoxy) is 1. The first kappa shape index (κ1) is 9.72. The van der Waals surface area contributed by atoms with E-state index in [1.54, 1.807) is 11.2 Å². The molecule has 0 rings (SSSR count). The van der Waals surface area contributed by atoms with Gasteiger partial charge in [-0.1, -0.05) is 0 Å². The van der Waals surface area contributed by atoms with E-state index in [4.69, 9.17) is 0 Å². The summed E-state index contributed by atoms with van der Waals surface area (Å²) in [5.74, 6) is -0.290. The molecule has 62 valence electrons. The van der Waals surface area contributed by atoms with E-state index in [1.165, 1.54) is 13.1 Å². The fourth-order valence-electron chi connectivity index (χ4n) is 0.378. The fraction of sp³-hybridized carbons (Fsp3) is 0.571. The number of carbonyl (C=O) groups is 1. The minimum atomic E-state index is -0.290. The Morgan fingerprint density at radius 3 is 2.73 bits per heavy atom. The Bertz CT molecular complexity index is 181. The van der Waals surface area contributed by atoms with Crippen LogP contribution in [0.3, 0.4) is 0 Å². The maximum Gasteiger partial charge on any atom is 0.332 e. The first-order valence-electron chi connectivity index (χ1n) is 3.27. The molecule has 0 radical (unpaired) electrons. The van der Waals surface area contributed by atoms with Crippen LogP contribution < -0.4 is 4.67 Å². The highest BCUT2D eigenvalue weighted by Gasteiger charge is 1.88. The Labute approximate surface area is 66.2 Å². The lowest BCUT2D eigenvalue weighted by Gasteiger charge is -1.90. The summed E-state index contributed by atoms with van der Waals surface area (Å²) in [5, 5.41) is 0. The minimum absolute atomic E-state index is 0.236. The highest BCUT2D eigenvalue weighted by molar-refractivity contribution is 5.71. The van der Waals surface area contributed by atoms with Crippen LogP contribution in [0.2, 0.25) is 0 Å². The van der Waals surface area contributed by atoms with Crippen LogP contribution in [0.15, 0.2) is 0 Å².